The van der Waals surface area contributed by atoms with Crippen molar-refractivity contribution in [3.63, 3.8) is 0 Å². The van der Waals surface area contributed by atoms with E-state index in [-0.39, 0.29) is 6.03 Å². The van der Waals surface area contributed by atoms with Gasteiger partial charge in [0.25, 0.3) is 0 Å². The summed E-state index contributed by atoms with van der Waals surface area (Å²) >= 11 is 0. The van der Waals surface area contributed by atoms with E-state index >= 15 is 0 Å². The van der Waals surface area contributed by atoms with Crippen molar-refractivity contribution in [2.75, 3.05) is 19.6 Å². The van der Waals surface area contributed by atoms with E-state index in [1.54, 1.807) is 11.8 Å². The van der Waals surface area contributed by atoms with Gasteiger partial charge in [0.2, 0.25) is 0 Å². The van der Waals surface area contributed by atoms with Crippen LogP contribution in [0.2, 0.25) is 0 Å². The number of urea groups is 1. The number of rotatable bonds is 5. The molecule has 2 fully saturated rings. The van der Waals surface area contributed by atoms with Crippen LogP contribution in [0.25, 0.3) is 0 Å². The molecule has 2 aliphatic rings. The minimum atomic E-state index is -0.813. The minimum absolute atomic E-state index is 0.115. The Kier molecular flexibility index (Phi) is 3.78. The molecule has 1 saturated carbocycles. The SMILES string of the molecule is CC1(C(=O)O)CCN(C(=O)NCCCC2CC2)C1. The number of carboxylic acid groups (broad SMARTS) is 1. The smallest absolute Gasteiger partial charge is 0.317 e. The van der Waals surface area contributed by atoms with E-state index in [1.807, 2.05) is 0 Å². The highest BCUT2D eigenvalue weighted by Gasteiger charge is 2.42. The summed E-state index contributed by atoms with van der Waals surface area (Å²) < 4.78 is 0. The Hall–Kier alpha value is -1.26. The number of nitrogens with zero attached hydrogens (tertiary/aromatic N) is 1. The van der Waals surface area contributed by atoms with Crippen LogP contribution < -0.4 is 5.32 Å². The second kappa shape index (κ2) is 5.16. The van der Waals surface area contributed by atoms with Crippen molar-refractivity contribution in [1.29, 1.82) is 0 Å². The number of hydrogen-bond acceptors (Lipinski definition) is 2. The van der Waals surface area contributed by atoms with E-state index < -0.39 is 11.4 Å². The topological polar surface area (TPSA) is 69.6 Å². The Morgan fingerprint density at radius 2 is 2.17 bits per heavy atom. The van der Waals surface area contributed by atoms with Crippen molar-refractivity contribution in [2.24, 2.45) is 11.3 Å². The molecule has 2 N–H and O–H groups in total. The molecule has 5 nitrogen and oxygen atoms in total. The molecule has 1 unspecified atom stereocenters. The molecule has 0 spiro atoms. The van der Waals surface area contributed by atoms with Crippen LogP contribution in [0.3, 0.4) is 0 Å². The van der Waals surface area contributed by atoms with Crippen LogP contribution in [0.5, 0.6) is 0 Å². The van der Waals surface area contributed by atoms with Gasteiger partial charge in [-0.2, -0.15) is 0 Å². The monoisotopic (exact) mass is 254 g/mol. The summed E-state index contributed by atoms with van der Waals surface area (Å²) in [5.41, 5.74) is -0.772. The van der Waals surface area contributed by atoms with E-state index in [0.29, 0.717) is 26.1 Å². The molecule has 0 aromatic carbocycles. The maximum Gasteiger partial charge on any atom is 0.317 e. The first-order valence-corrected chi connectivity index (χ1v) is 6.77. The lowest BCUT2D eigenvalue weighted by Crippen LogP contribution is -2.41. The van der Waals surface area contributed by atoms with E-state index in [1.165, 1.54) is 19.3 Å². The molecule has 0 aromatic rings. The third-order valence-electron chi connectivity index (χ3n) is 4.04. The maximum atomic E-state index is 11.8. The van der Waals surface area contributed by atoms with Gasteiger partial charge in [0.1, 0.15) is 0 Å². The Morgan fingerprint density at radius 1 is 1.44 bits per heavy atom. The molecular weight excluding hydrogens is 232 g/mol. The molecular formula is C13H22N2O3. The van der Waals surface area contributed by atoms with E-state index in [0.717, 1.165) is 12.3 Å². The second-order valence-electron chi connectivity index (χ2n) is 5.85. The zero-order valence-corrected chi connectivity index (χ0v) is 10.9. The highest BCUT2D eigenvalue weighted by molar-refractivity contribution is 5.79. The van der Waals surface area contributed by atoms with Gasteiger partial charge < -0.3 is 15.3 Å². The van der Waals surface area contributed by atoms with Crippen LogP contribution in [-0.4, -0.2) is 41.6 Å². The normalized spacial score (nSPS) is 27.3. The summed E-state index contributed by atoms with van der Waals surface area (Å²) in [6.45, 7) is 3.26. The van der Waals surface area contributed by atoms with Gasteiger partial charge in [-0.25, -0.2) is 4.79 Å². The highest BCUT2D eigenvalue weighted by atomic mass is 16.4. The van der Waals surface area contributed by atoms with Crippen molar-refractivity contribution >= 4 is 12.0 Å². The van der Waals surface area contributed by atoms with E-state index in [4.69, 9.17) is 5.11 Å². The summed E-state index contributed by atoms with van der Waals surface area (Å²) in [7, 11) is 0. The lowest BCUT2D eigenvalue weighted by molar-refractivity contribution is -0.146. The van der Waals surface area contributed by atoms with Gasteiger partial charge in [0.05, 0.1) is 5.41 Å². The Balaban J connectivity index is 1.68. The molecule has 0 bridgehead atoms. The third-order valence-corrected chi connectivity index (χ3v) is 4.04. The number of likely N-dealkylation sites (tertiary alicyclic amines) is 1. The summed E-state index contributed by atoms with van der Waals surface area (Å²) in [6, 6.07) is -0.115. The predicted molar refractivity (Wildman–Crippen MR) is 67.3 cm³/mol. The second-order valence-corrected chi connectivity index (χ2v) is 5.85. The van der Waals surface area contributed by atoms with Gasteiger partial charge in [-0.1, -0.05) is 12.8 Å². The number of nitrogens with one attached hydrogen (secondary N) is 1. The predicted octanol–water partition coefficient (Wildman–Crippen LogP) is 1.68. The summed E-state index contributed by atoms with van der Waals surface area (Å²) in [4.78, 5) is 24.5. The van der Waals surface area contributed by atoms with Crippen molar-refractivity contribution in [2.45, 2.75) is 39.0 Å². The number of carbonyl (C=O) groups excluding carboxylic acids is 1. The molecule has 0 aromatic heterocycles. The molecule has 1 aliphatic carbocycles. The van der Waals surface area contributed by atoms with Crippen LogP contribution in [0.1, 0.15) is 39.0 Å². The van der Waals surface area contributed by atoms with Gasteiger partial charge in [-0.15, -0.1) is 0 Å². The van der Waals surface area contributed by atoms with Crippen molar-refractivity contribution in [3.05, 3.63) is 0 Å². The lowest BCUT2D eigenvalue weighted by Gasteiger charge is -2.20. The van der Waals surface area contributed by atoms with E-state index in [2.05, 4.69) is 5.32 Å². The van der Waals surface area contributed by atoms with Gasteiger partial charge >= 0.3 is 12.0 Å². The van der Waals surface area contributed by atoms with Crippen LogP contribution >= 0.6 is 0 Å². The zero-order chi connectivity index (χ0) is 13.2. The van der Waals surface area contributed by atoms with Crippen LogP contribution in [0, 0.1) is 11.3 Å². The molecule has 0 radical (unpaired) electrons. The van der Waals surface area contributed by atoms with Crippen LogP contribution in [0.15, 0.2) is 0 Å². The maximum absolute atomic E-state index is 11.8. The number of hydrogen-bond donors (Lipinski definition) is 2. The van der Waals surface area contributed by atoms with E-state index in [9.17, 15) is 9.59 Å². The fraction of sp³-hybridized carbons (Fsp3) is 0.846. The Morgan fingerprint density at radius 3 is 2.72 bits per heavy atom. The fourth-order valence-electron chi connectivity index (χ4n) is 2.41. The third kappa shape index (κ3) is 3.15. The lowest BCUT2D eigenvalue weighted by atomic mass is 9.90. The van der Waals surface area contributed by atoms with Crippen LogP contribution in [-0.2, 0) is 4.79 Å². The molecule has 1 aliphatic heterocycles. The number of amides is 2. The van der Waals surface area contributed by atoms with Crippen molar-refractivity contribution in [1.82, 2.24) is 10.2 Å². The molecule has 5 heteroatoms. The summed E-state index contributed by atoms with van der Waals surface area (Å²) in [6.07, 6.45) is 5.46. The number of carboxylic acids is 1. The first-order chi connectivity index (χ1) is 8.51. The Bertz CT molecular complexity index is 341. The molecule has 1 atom stereocenters. The fourth-order valence-corrected chi connectivity index (χ4v) is 2.41. The summed E-state index contributed by atoms with van der Waals surface area (Å²) in [5, 5.41) is 12.0. The average Bonchev–Trinajstić information content (AvgIpc) is 3.06. The van der Waals surface area contributed by atoms with Gasteiger partial charge in [0, 0.05) is 19.6 Å². The first-order valence-electron chi connectivity index (χ1n) is 6.77. The molecule has 2 amide bonds. The minimum Gasteiger partial charge on any atom is -0.481 e. The number of carbonyl (C=O) groups is 2. The molecule has 2 rings (SSSR count). The van der Waals surface area contributed by atoms with Gasteiger partial charge in [-0.05, 0) is 32.1 Å². The van der Waals surface area contributed by atoms with Crippen molar-refractivity contribution < 1.29 is 14.7 Å². The van der Waals surface area contributed by atoms with Crippen LogP contribution in [0.4, 0.5) is 4.79 Å². The Labute approximate surface area is 108 Å². The zero-order valence-electron chi connectivity index (χ0n) is 10.9. The largest absolute Gasteiger partial charge is 0.481 e. The molecule has 102 valence electrons. The molecule has 18 heavy (non-hydrogen) atoms. The molecule has 1 saturated heterocycles. The highest BCUT2D eigenvalue weighted by Crippen LogP contribution is 2.33. The first kappa shape index (κ1) is 13.2. The van der Waals surface area contributed by atoms with Crippen molar-refractivity contribution in [3.8, 4) is 0 Å². The van der Waals surface area contributed by atoms with Gasteiger partial charge in [0.15, 0.2) is 0 Å². The van der Waals surface area contributed by atoms with Gasteiger partial charge in [-0.3, -0.25) is 4.79 Å². The molecule has 1 heterocycles. The summed E-state index contributed by atoms with van der Waals surface area (Å²) in [5.74, 6) is 0.0792. The standard InChI is InChI=1S/C13H22N2O3/c1-13(11(16)17)6-8-15(9-13)12(18)14-7-2-3-10-4-5-10/h10H,2-9H2,1H3,(H,14,18)(H,16,17). The number of aliphatic carboxylic acids is 1. The quantitative estimate of drug-likeness (QED) is 0.733. The average molecular weight is 254 g/mol.